The van der Waals surface area contributed by atoms with Crippen LogP contribution in [0.3, 0.4) is 0 Å². The first kappa shape index (κ1) is 40.0. The number of rotatable bonds is 7. The van der Waals surface area contributed by atoms with Gasteiger partial charge in [0.25, 0.3) is 17.5 Å². The molecule has 0 unspecified atom stereocenters. The fourth-order valence-corrected chi connectivity index (χ4v) is 11.5. The third kappa shape index (κ3) is 8.26. The molecule has 3 amide bonds. The molecule has 3 heterocycles. The second-order valence-corrected chi connectivity index (χ2v) is 19.9. The highest BCUT2D eigenvalue weighted by Gasteiger charge is 2.62. The van der Waals surface area contributed by atoms with E-state index in [-0.39, 0.29) is 73.7 Å². The molecule has 4 saturated carbocycles. The van der Waals surface area contributed by atoms with E-state index in [1.165, 1.54) is 9.47 Å². The Balaban J connectivity index is 1.15. The van der Waals surface area contributed by atoms with Crippen LogP contribution < -0.4 is 20.3 Å². The van der Waals surface area contributed by atoms with Crippen LogP contribution in [0.1, 0.15) is 103 Å². The van der Waals surface area contributed by atoms with E-state index in [0.29, 0.717) is 30.2 Å². The standard InChI is InChI=1S/C41H52BrN5O9S/c1-2-26-22-41(26,39(52)45-57(53,54)29-15-16-29)44-36(49)33-20-28-23-47(33)38(51)31(24-9-5-6-10-24)21-35(48)56-34-13-8-12-25(34)11-4-3-7-18-46-37(50)30-17-14-27(42)19-32(30)43-40(46)55-28/h3,7,14,17,19,24-26,28-29,31,33-34H,2,4-6,8-13,15-16,18,20-23H2,1H3,(H,44,49)(H,45,52)/b7-3+/t25-,26-,28-,31+,33+,34-,41-/m1/s1. The SMILES string of the molecule is CC[C@@H]1C[C@]1(NC(=O)[C@@H]1C[C@@H]2CN1C(=O)[C@H](C1CCCC1)CC(=O)O[C@@H]1CCC[C@H]1CC/C=C/Cn1c(nc3cc(Br)ccc3c1=O)O2)C(=O)NS(=O)(=O)C1CC1. The molecule has 1 aromatic carbocycles. The van der Waals surface area contributed by atoms with Gasteiger partial charge in [-0.15, -0.1) is 0 Å². The Morgan fingerprint density at radius 2 is 1.75 bits per heavy atom. The van der Waals surface area contributed by atoms with Crippen LogP contribution in [0.2, 0.25) is 0 Å². The predicted octanol–water partition coefficient (Wildman–Crippen LogP) is 4.66. The number of hydrogen-bond donors (Lipinski definition) is 2. The zero-order valence-electron chi connectivity index (χ0n) is 32.3. The zero-order valence-corrected chi connectivity index (χ0v) is 34.7. The minimum absolute atomic E-state index is 0.0141. The van der Waals surface area contributed by atoms with Crippen molar-refractivity contribution in [1.29, 1.82) is 0 Å². The molecule has 1 aromatic heterocycles. The van der Waals surface area contributed by atoms with Crippen molar-refractivity contribution in [3.05, 3.63) is 45.2 Å². The minimum Gasteiger partial charge on any atom is -0.462 e. The molecule has 1 saturated heterocycles. The Labute approximate surface area is 341 Å². The van der Waals surface area contributed by atoms with Crippen molar-refractivity contribution < 1.29 is 37.1 Å². The van der Waals surface area contributed by atoms with Gasteiger partial charge in [0.15, 0.2) is 0 Å². The summed E-state index contributed by atoms with van der Waals surface area (Å²) in [5.41, 5.74) is -1.31. The molecule has 308 valence electrons. The number of esters is 1. The Morgan fingerprint density at radius 3 is 2.49 bits per heavy atom. The van der Waals surface area contributed by atoms with Crippen molar-refractivity contribution in [2.45, 2.75) is 139 Å². The molecular formula is C41H52BrN5O9S. The molecule has 5 fully saturated rings. The van der Waals surface area contributed by atoms with Gasteiger partial charge in [0.05, 0.1) is 35.0 Å². The van der Waals surface area contributed by atoms with Crippen LogP contribution in [0.5, 0.6) is 6.01 Å². The molecule has 57 heavy (non-hydrogen) atoms. The molecular weight excluding hydrogens is 818 g/mol. The molecule has 8 rings (SSSR count). The van der Waals surface area contributed by atoms with Crippen LogP contribution in [0.25, 0.3) is 10.9 Å². The largest absolute Gasteiger partial charge is 0.462 e. The highest BCUT2D eigenvalue weighted by atomic mass is 79.9. The number of nitrogens with one attached hydrogen (secondary N) is 2. The van der Waals surface area contributed by atoms with Crippen LogP contribution >= 0.6 is 15.9 Å². The highest BCUT2D eigenvalue weighted by Crippen LogP contribution is 2.47. The molecule has 16 heteroatoms. The maximum absolute atomic E-state index is 14.9. The lowest BCUT2D eigenvalue weighted by Gasteiger charge is -2.32. The molecule has 0 spiro atoms. The summed E-state index contributed by atoms with van der Waals surface area (Å²) in [6.07, 6.45) is 12.2. The van der Waals surface area contributed by atoms with Gasteiger partial charge >= 0.3 is 5.97 Å². The first-order chi connectivity index (χ1) is 27.4. The van der Waals surface area contributed by atoms with Gasteiger partial charge in [0, 0.05) is 17.4 Å². The number of sulfonamides is 1. The number of carbonyl (C=O) groups excluding carboxylic acids is 4. The number of halogens is 1. The van der Waals surface area contributed by atoms with Gasteiger partial charge in [0.2, 0.25) is 21.8 Å². The first-order valence-electron chi connectivity index (χ1n) is 20.8. The Morgan fingerprint density at radius 1 is 0.982 bits per heavy atom. The monoisotopic (exact) mass is 869 g/mol. The number of benzene rings is 1. The van der Waals surface area contributed by atoms with Crippen LogP contribution in [-0.2, 0) is 40.5 Å². The third-order valence-electron chi connectivity index (χ3n) is 13.3. The van der Waals surface area contributed by atoms with E-state index in [4.69, 9.17) is 14.5 Å². The maximum Gasteiger partial charge on any atom is 0.306 e. The van der Waals surface area contributed by atoms with E-state index in [2.05, 4.69) is 26.0 Å². The lowest BCUT2D eigenvalue weighted by molar-refractivity contribution is -0.156. The highest BCUT2D eigenvalue weighted by molar-refractivity contribution is 9.10. The average molecular weight is 871 g/mol. The molecule has 7 atom stereocenters. The quantitative estimate of drug-likeness (QED) is 0.293. The Bertz CT molecular complexity index is 2130. The van der Waals surface area contributed by atoms with Crippen molar-refractivity contribution in [2.75, 3.05) is 6.54 Å². The van der Waals surface area contributed by atoms with E-state index in [0.717, 1.165) is 62.3 Å². The van der Waals surface area contributed by atoms with Crippen molar-refractivity contribution in [3.63, 3.8) is 0 Å². The van der Waals surface area contributed by atoms with E-state index in [9.17, 15) is 32.4 Å². The number of amides is 3. The molecule has 0 radical (unpaired) electrons. The molecule has 6 aliphatic rings. The summed E-state index contributed by atoms with van der Waals surface area (Å²) in [7, 11) is -3.88. The number of aromatic nitrogens is 2. The fourth-order valence-electron chi connectivity index (χ4n) is 9.77. The van der Waals surface area contributed by atoms with Crippen molar-refractivity contribution in [3.8, 4) is 6.01 Å². The second kappa shape index (κ2) is 16.1. The number of hydrogen-bond acceptors (Lipinski definition) is 10. The van der Waals surface area contributed by atoms with Gasteiger partial charge in [0.1, 0.15) is 23.8 Å². The van der Waals surface area contributed by atoms with Crippen molar-refractivity contribution >= 4 is 60.5 Å². The number of carbonyl (C=O) groups is 4. The molecule has 2 aliphatic heterocycles. The number of fused-ring (bicyclic) bond motifs is 5. The van der Waals surface area contributed by atoms with Gasteiger partial charge in [-0.2, -0.15) is 4.98 Å². The molecule has 2 N–H and O–H groups in total. The van der Waals surface area contributed by atoms with Gasteiger partial charge in [-0.25, -0.2) is 8.42 Å². The smallest absolute Gasteiger partial charge is 0.306 e. The number of nitrogens with zero attached hydrogens (tertiary/aromatic N) is 3. The summed E-state index contributed by atoms with van der Waals surface area (Å²) >= 11 is 3.47. The zero-order chi connectivity index (χ0) is 40.1. The Kier molecular flexibility index (Phi) is 11.3. The van der Waals surface area contributed by atoms with E-state index in [1.54, 1.807) is 18.2 Å². The summed E-state index contributed by atoms with van der Waals surface area (Å²) in [6.45, 7) is 2.02. The lowest BCUT2D eigenvalue weighted by Crippen LogP contribution is -2.57. The second-order valence-electron chi connectivity index (χ2n) is 17.0. The minimum atomic E-state index is -3.88. The summed E-state index contributed by atoms with van der Waals surface area (Å²) in [5, 5.41) is 2.70. The normalized spacial score (nSPS) is 31.7. The average Bonchev–Trinajstić information content (AvgIpc) is 3.96. The maximum atomic E-state index is 14.9. The predicted molar refractivity (Wildman–Crippen MR) is 213 cm³/mol. The van der Waals surface area contributed by atoms with Gasteiger partial charge < -0.3 is 19.7 Å². The topological polar surface area (TPSA) is 183 Å². The van der Waals surface area contributed by atoms with E-state index < -0.39 is 56.7 Å². The van der Waals surface area contributed by atoms with Crippen LogP contribution in [0.4, 0.5) is 0 Å². The number of ether oxygens (including phenoxy) is 2. The van der Waals surface area contributed by atoms with Gasteiger partial charge in [-0.05, 0) is 100 Å². The summed E-state index contributed by atoms with van der Waals surface area (Å²) in [4.78, 5) is 77.1. The van der Waals surface area contributed by atoms with Crippen LogP contribution in [-0.4, -0.2) is 82.1 Å². The summed E-state index contributed by atoms with van der Waals surface area (Å²) in [6, 6.07) is 4.17. The Hall–Kier alpha value is -3.79. The molecule has 14 nitrogen and oxygen atoms in total. The van der Waals surface area contributed by atoms with E-state index in [1.807, 2.05) is 19.1 Å². The summed E-state index contributed by atoms with van der Waals surface area (Å²) < 4.78 is 42.7. The third-order valence-corrected chi connectivity index (χ3v) is 15.6. The summed E-state index contributed by atoms with van der Waals surface area (Å²) in [5.74, 6) is -3.05. The first-order valence-corrected chi connectivity index (χ1v) is 23.1. The van der Waals surface area contributed by atoms with Crippen LogP contribution in [0, 0.1) is 23.7 Å². The van der Waals surface area contributed by atoms with Gasteiger partial charge in [-0.1, -0.05) is 54.3 Å². The van der Waals surface area contributed by atoms with Crippen LogP contribution in [0.15, 0.2) is 39.6 Å². The number of allylic oxidation sites excluding steroid dienone is 2. The van der Waals surface area contributed by atoms with Crippen molar-refractivity contribution in [2.24, 2.45) is 23.7 Å². The fraction of sp³-hybridized carbons (Fsp3) is 0.659. The molecule has 2 bridgehead atoms. The molecule has 2 aromatic rings. The van der Waals surface area contributed by atoms with Crippen molar-refractivity contribution in [1.82, 2.24) is 24.5 Å². The van der Waals surface area contributed by atoms with E-state index >= 15 is 0 Å². The lowest BCUT2D eigenvalue weighted by atomic mass is 9.86. The molecule has 4 aliphatic carbocycles. The van der Waals surface area contributed by atoms with Gasteiger partial charge in [-0.3, -0.25) is 33.3 Å².